The van der Waals surface area contributed by atoms with Gasteiger partial charge in [-0.1, -0.05) is 55.7 Å². The third-order valence-electron chi connectivity index (χ3n) is 5.31. The number of carboxylic acids is 1. The third-order valence-corrected chi connectivity index (χ3v) is 5.31. The maximum Gasteiger partial charge on any atom is 0.303 e. The van der Waals surface area contributed by atoms with Gasteiger partial charge in [-0.3, -0.25) is 4.79 Å². The van der Waals surface area contributed by atoms with E-state index < -0.39 is 5.97 Å². The fourth-order valence-electron chi connectivity index (χ4n) is 3.60. The van der Waals surface area contributed by atoms with Crippen LogP contribution in [0, 0.1) is 6.92 Å². The van der Waals surface area contributed by atoms with Crippen molar-refractivity contribution in [3.8, 4) is 22.7 Å². The van der Waals surface area contributed by atoms with Crippen LogP contribution in [0.5, 0.6) is 0 Å². The van der Waals surface area contributed by atoms with Crippen molar-refractivity contribution >= 4 is 5.97 Å². The van der Waals surface area contributed by atoms with E-state index in [4.69, 9.17) is 9.52 Å². The van der Waals surface area contributed by atoms with E-state index in [9.17, 15) is 4.79 Å². The minimum atomic E-state index is -0.703. The van der Waals surface area contributed by atoms with Crippen molar-refractivity contribution in [2.45, 2.75) is 58.4 Å². The summed E-state index contributed by atoms with van der Waals surface area (Å²) in [5.41, 5.74) is 4.43. The number of aryl methyl sites for hydroxylation is 1. The molecule has 0 aliphatic rings. The number of hydrogen-bond donors (Lipinski definition) is 1. The molecule has 0 radical (unpaired) electrons. The Bertz CT molecular complexity index is 953. The maximum atomic E-state index is 10.5. The number of benzene rings is 1. The van der Waals surface area contributed by atoms with Crippen LogP contribution in [0.25, 0.3) is 22.7 Å². The molecule has 30 heavy (non-hydrogen) atoms. The van der Waals surface area contributed by atoms with Crippen molar-refractivity contribution in [3.05, 3.63) is 66.7 Å². The maximum absolute atomic E-state index is 10.5. The van der Waals surface area contributed by atoms with Crippen molar-refractivity contribution in [1.82, 2.24) is 9.55 Å². The number of aromatic nitrogens is 2. The molecular formula is C25H30N2O3. The van der Waals surface area contributed by atoms with Gasteiger partial charge in [0, 0.05) is 36.0 Å². The molecule has 0 amide bonds. The molecule has 0 saturated carbocycles. The molecule has 3 aromatic rings. The highest BCUT2D eigenvalue weighted by atomic mass is 16.4. The van der Waals surface area contributed by atoms with Crippen LogP contribution in [0.4, 0.5) is 0 Å². The number of aliphatic carboxylic acids is 1. The highest BCUT2D eigenvalue weighted by Crippen LogP contribution is 2.26. The lowest BCUT2D eigenvalue weighted by Crippen LogP contribution is -2.05. The Labute approximate surface area is 178 Å². The SMILES string of the molecule is C=C(CCCCCCCC(=O)O)Cn1c(C)cnc1-c1ccc(-c2ccco2)cc1. The molecule has 158 valence electrons. The predicted octanol–water partition coefficient (Wildman–Crippen LogP) is 6.49. The monoisotopic (exact) mass is 406 g/mol. The van der Waals surface area contributed by atoms with Crippen LogP contribution in [0.2, 0.25) is 0 Å². The molecule has 2 heterocycles. The van der Waals surface area contributed by atoms with Crippen molar-refractivity contribution < 1.29 is 14.3 Å². The molecule has 3 rings (SSSR count). The average molecular weight is 407 g/mol. The molecule has 0 fully saturated rings. The van der Waals surface area contributed by atoms with Gasteiger partial charge in [-0.25, -0.2) is 4.98 Å². The van der Waals surface area contributed by atoms with E-state index in [1.54, 1.807) is 6.26 Å². The number of hydrogen-bond acceptors (Lipinski definition) is 3. The summed E-state index contributed by atoms with van der Waals surface area (Å²) in [5.74, 6) is 1.11. The lowest BCUT2D eigenvalue weighted by molar-refractivity contribution is -0.137. The number of unbranched alkanes of at least 4 members (excludes halogenated alkanes) is 4. The number of furan rings is 1. The van der Waals surface area contributed by atoms with E-state index in [1.165, 1.54) is 5.57 Å². The van der Waals surface area contributed by atoms with Crippen molar-refractivity contribution in [2.75, 3.05) is 0 Å². The van der Waals surface area contributed by atoms with Crippen LogP contribution in [-0.2, 0) is 11.3 Å². The Kier molecular flexibility index (Phi) is 7.66. The third kappa shape index (κ3) is 5.96. The van der Waals surface area contributed by atoms with Gasteiger partial charge in [0.05, 0.1) is 6.26 Å². The Morgan fingerprint density at radius 1 is 1.03 bits per heavy atom. The first kappa shape index (κ1) is 21.6. The molecule has 1 N–H and O–H groups in total. The van der Waals surface area contributed by atoms with E-state index in [2.05, 4.69) is 47.3 Å². The van der Waals surface area contributed by atoms with E-state index in [-0.39, 0.29) is 6.42 Å². The topological polar surface area (TPSA) is 68.3 Å². The molecule has 0 saturated heterocycles. The second-order valence-electron chi connectivity index (χ2n) is 7.78. The van der Waals surface area contributed by atoms with Gasteiger partial charge in [-0.15, -0.1) is 0 Å². The highest BCUT2D eigenvalue weighted by Gasteiger charge is 2.11. The lowest BCUT2D eigenvalue weighted by atomic mass is 10.1. The summed E-state index contributed by atoms with van der Waals surface area (Å²) in [7, 11) is 0. The quantitative estimate of drug-likeness (QED) is 0.276. The molecule has 0 bridgehead atoms. The fraction of sp³-hybridized carbons (Fsp3) is 0.360. The van der Waals surface area contributed by atoms with E-state index in [0.717, 1.165) is 73.5 Å². The Balaban J connectivity index is 1.53. The van der Waals surface area contributed by atoms with Gasteiger partial charge in [-0.2, -0.15) is 0 Å². The van der Waals surface area contributed by atoms with Gasteiger partial charge in [0.1, 0.15) is 11.6 Å². The van der Waals surface area contributed by atoms with Crippen molar-refractivity contribution in [2.24, 2.45) is 0 Å². The number of nitrogens with zero attached hydrogens (tertiary/aromatic N) is 2. The summed E-state index contributed by atoms with van der Waals surface area (Å²) in [6.45, 7) is 7.11. The Morgan fingerprint density at radius 2 is 1.70 bits per heavy atom. The number of rotatable bonds is 12. The largest absolute Gasteiger partial charge is 0.481 e. The zero-order chi connectivity index (χ0) is 21.3. The molecule has 5 heteroatoms. The summed E-state index contributed by atoms with van der Waals surface area (Å²) >= 11 is 0. The van der Waals surface area contributed by atoms with Gasteiger partial charge >= 0.3 is 5.97 Å². The predicted molar refractivity (Wildman–Crippen MR) is 119 cm³/mol. The summed E-state index contributed by atoms with van der Waals surface area (Å²) in [5, 5.41) is 8.67. The first-order valence-electron chi connectivity index (χ1n) is 10.6. The van der Waals surface area contributed by atoms with Crippen LogP contribution in [0.1, 0.15) is 50.6 Å². The molecule has 0 unspecified atom stereocenters. The van der Waals surface area contributed by atoms with Crippen LogP contribution in [-0.4, -0.2) is 20.6 Å². The number of allylic oxidation sites excluding steroid dienone is 1. The lowest BCUT2D eigenvalue weighted by Gasteiger charge is -2.13. The van der Waals surface area contributed by atoms with Gasteiger partial charge in [0.2, 0.25) is 0 Å². The molecule has 0 spiro atoms. The molecule has 5 nitrogen and oxygen atoms in total. The van der Waals surface area contributed by atoms with Gasteiger partial charge in [0.15, 0.2) is 0 Å². The van der Waals surface area contributed by atoms with Crippen LogP contribution in [0.15, 0.2) is 65.4 Å². The van der Waals surface area contributed by atoms with Gasteiger partial charge in [0.25, 0.3) is 0 Å². The number of carboxylic acid groups (broad SMARTS) is 1. The molecular weight excluding hydrogens is 376 g/mol. The molecule has 0 aliphatic heterocycles. The molecule has 0 aliphatic carbocycles. The molecule has 1 aromatic carbocycles. The average Bonchev–Trinajstić information content (AvgIpc) is 3.38. The van der Waals surface area contributed by atoms with Crippen LogP contribution >= 0.6 is 0 Å². The summed E-state index contributed by atoms with van der Waals surface area (Å²) in [4.78, 5) is 15.2. The van der Waals surface area contributed by atoms with Crippen molar-refractivity contribution in [3.63, 3.8) is 0 Å². The second-order valence-corrected chi connectivity index (χ2v) is 7.78. The van der Waals surface area contributed by atoms with Crippen LogP contribution in [0.3, 0.4) is 0 Å². The number of imidazole rings is 1. The Hall–Kier alpha value is -3.08. The molecule has 0 atom stereocenters. The summed E-state index contributed by atoms with van der Waals surface area (Å²) in [6.07, 6.45) is 9.88. The fourth-order valence-corrected chi connectivity index (χ4v) is 3.60. The van der Waals surface area contributed by atoms with Crippen LogP contribution < -0.4 is 0 Å². The second kappa shape index (κ2) is 10.6. The minimum Gasteiger partial charge on any atom is -0.481 e. The first-order chi connectivity index (χ1) is 14.5. The van der Waals surface area contributed by atoms with E-state index in [1.807, 2.05) is 18.3 Å². The van der Waals surface area contributed by atoms with Gasteiger partial charge < -0.3 is 14.1 Å². The normalized spacial score (nSPS) is 11.0. The summed E-state index contributed by atoms with van der Waals surface area (Å²) in [6, 6.07) is 12.1. The Morgan fingerprint density at radius 3 is 2.37 bits per heavy atom. The van der Waals surface area contributed by atoms with E-state index >= 15 is 0 Å². The number of carbonyl (C=O) groups is 1. The first-order valence-corrected chi connectivity index (χ1v) is 10.6. The smallest absolute Gasteiger partial charge is 0.303 e. The van der Waals surface area contributed by atoms with Gasteiger partial charge in [-0.05, 0) is 38.3 Å². The minimum absolute atomic E-state index is 0.276. The summed E-state index contributed by atoms with van der Waals surface area (Å²) < 4.78 is 7.69. The standard InChI is InChI=1S/C25H30N2O3/c1-19(9-6-4-3-5-7-11-24(28)29)18-27-20(2)17-26-25(27)22-14-12-21(13-15-22)23-10-8-16-30-23/h8,10,12-17H,1,3-7,9,11,18H2,2H3,(H,28,29). The van der Waals surface area contributed by atoms with E-state index in [0.29, 0.717) is 0 Å². The zero-order valence-electron chi connectivity index (χ0n) is 17.6. The van der Waals surface area contributed by atoms with Crippen molar-refractivity contribution in [1.29, 1.82) is 0 Å². The highest BCUT2D eigenvalue weighted by molar-refractivity contribution is 5.66. The molecule has 2 aromatic heterocycles. The zero-order valence-corrected chi connectivity index (χ0v) is 17.6.